The number of imide groups is 1. The number of amides is 3. The molecule has 1 N–H and O–H groups in total. The number of nitrogens with one attached hydrogen (secondary N) is 1. The number of carbonyl (C=O) groups is 4. The van der Waals surface area contributed by atoms with Crippen molar-refractivity contribution in [3.8, 4) is 0 Å². The van der Waals surface area contributed by atoms with E-state index in [0.717, 1.165) is 5.56 Å². The van der Waals surface area contributed by atoms with Gasteiger partial charge in [0.1, 0.15) is 12.6 Å². The molecule has 1 heterocycles. The second-order valence-electron chi connectivity index (χ2n) is 6.78. The second-order valence-corrected chi connectivity index (χ2v) is 6.78. The molecule has 0 unspecified atom stereocenters. The van der Waals surface area contributed by atoms with Crippen LogP contribution in [-0.4, -0.2) is 41.9 Å². The van der Waals surface area contributed by atoms with Crippen molar-refractivity contribution in [1.82, 2.24) is 10.2 Å². The third kappa shape index (κ3) is 5.02. The Hall–Kier alpha value is -3.68. The van der Waals surface area contributed by atoms with Gasteiger partial charge in [0.15, 0.2) is 0 Å². The number of methoxy groups -OCH3 is 1. The van der Waals surface area contributed by atoms with E-state index < -0.39 is 24.0 Å². The maximum atomic E-state index is 12.9. The van der Waals surface area contributed by atoms with Crippen LogP contribution < -0.4 is 5.32 Å². The van der Waals surface area contributed by atoms with Gasteiger partial charge in [0, 0.05) is 6.42 Å². The van der Waals surface area contributed by atoms with Crippen LogP contribution in [0.25, 0.3) is 0 Å². The lowest BCUT2D eigenvalue weighted by Crippen LogP contribution is -2.54. The summed E-state index contributed by atoms with van der Waals surface area (Å²) in [5.41, 5.74) is 1.59. The number of hydrogen-bond acceptors (Lipinski definition) is 6. The topological polar surface area (TPSA) is 102 Å². The number of rotatable bonds is 6. The van der Waals surface area contributed by atoms with E-state index in [1.807, 2.05) is 30.3 Å². The van der Waals surface area contributed by atoms with Crippen molar-refractivity contribution < 1.29 is 28.7 Å². The number of ether oxygens (including phenoxy) is 2. The molecule has 1 aliphatic rings. The van der Waals surface area contributed by atoms with E-state index in [1.54, 1.807) is 24.3 Å². The van der Waals surface area contributed by atoms with E-state index in [2.05, 4.69) is 5.32 Å². The second kappa shape index (κ2) is 9.69. The average molecular weight is 410 g/mol. The molecule has 0 spiro atoms. The molecule has 1 atom stereocenters. The lowest BCUT2D eigenvalue weighted by Gasteiger charge is -2.32. The first-order valence-electron chi connectivity index (χ1n) is 9.47. The van der Waals surface area contributed by atoms with Crippen molar-refractivity contribution in [2.45, 2.75) is 32.0 Å². The molecule has 8 nitrogen and oxygen atoms in total. The largest absolute Gasteiger partial charge is 0.465 e. The highest BCUT2D eigenvalue weighted by Gasteiger charge is 2.36. The predicted octanol–water partition coefficient (Wildman–Crippen LogP) is 2.42. The van der Waals surface area contributed by atoms with Crippen LogP contribution in [0.15, 0.2) is 54.6 Å². The van der Waals surface area contributed by atoms with E-state index in [-0.39, 0.29) is 37.5 Å². The van der Waals surface area contributed by atoms with Gasteiger partial charge in [-0.1, -0.05) is 48.5 Å². The van der Waals surface area contributed by atoms with Gasteiger partial charge in [0.05, 0.1) is 19.2 Å². The maximum absolute atomic E-state index is 12.9. The summed E-state index contributed by atoms with van der Waals surface area (Å²) in [6.07, 6.45) is -0.434. The summed E-state index contributed by atoms with van der Waals surface area (Å²) in [4.78, 5) is 50.2. The number of hydrogen-bond donors (Lipinski definition) is 1. The standard InChI is InChI=1S/C22H22N2O6/c1-29-21(27)17-10-6-5-9-16(17)13-24(18-11-12-19(25)23-20(18)26)22(28)30-14-15-7-3-2-4-8-15/h2-10,18H,11-14H2,1H3,(H,23,25,26)/t18-/m0/s1. The highest BCUT2D eigenvalue weighted by atomic mass is 16.6. The van der Waals surface area contributed by atoms with E-state index >= 15 is 0 Å². The van der Waals surface area contributed by atoms with Gasteiger partial charge in [0.2, 0.25) is 11.8 Å². The molecular formula is C22H22N2O6. The normalized spacial score (nSPS) is 15.8. The molecule has 2 aromatic rings. The Labute approximate surface area is 173 Å². The van der Waals surface area contributed by atoms with E-state index in [4.69, 9.17) is 9.47 Å². The Bertz CT molecular complexity index is 944. The molecule has 0 aromatic heterocycles. The molecule has 3 amide bonds. The molecule has 1 saturated heterocycles. The summed E-state index contributed by atoms with van der Waals surface area (Å²) in [6, 6.07) is 14.9. The minimum absolute atomic E-state index is 0.0299. The molecular weight excluding hydrogens is 388 g/mol. The first-order chi connectivity index (χ1) is 14.5. The third-order valence-corrected chi connectivity index (χ3v) is 4.79. The van der Waals surface area contributed by atoms with Gasteiger partial charge < -0.3 is 9.47 Å². The minimum Gasteiger partial charge on any atom is -0.465 e. The van der Waals surface area contributed by atoms with E-state index in [1.165, 1.54) is 12.0 Å². The van der Waals surface area contributed by atoms with E-state index in [0.29, 0.717) is 5.56 Å². The molecule has 0 saturated carbocycles. The summed E-state index contributed by atoms with van der Waals surface area (Å²) < 4.78 is 10.2. The summed E-state index contributed by atoms with van der Waals surface area (Å²) >= 11 is 0. The van der Waals surface area contributed by atoms with Gasteiger partial charge in [-0.05, 0) is 23.6 Å². The van der Waals surface area contributed by atoms with Crippen LogP contribution in [0.4, 0.5) is 4.79 Å². The lowest BCUT2D eigenvalue weighted by molar-refractivity contribution is -0.137. The smallest absolute Gasteiger partial charge is 0.411 e. The Balaban J connectivity index is 1.84. The molecule has 2 aromatic carbocycles. The highest BCUT2D eigenvalue weighted by Crippen LogP contribution is 2.20. The zero-order valence-electron chi connectivity index (χ0n) is 16.5. The monoisotopic (exact) mass is 410 g/mol. The fourth-order valence-electron chi connectivity index (χ4n) is 3.23. The third-order valence-electron chi connectivity index (χ3n) is 4.79. The Morgan fingerprint density at radius 1 is 1.07 bits per heavy atom. The number of nitrogens with zero attached hydrogens (tertiary/aromatic N) is 1. The van der Waals surface area contributed by atoms with Crippen molar-refractivity contribution in [3.63, 3.8) is 0 Å². The zero-order chi connectivity index (χ0) is 21.5. The average Bonchev–Trinajstić information content (AvgIpc) is 2.76. The minimum atomic E-state index is -0.892. The zero-order valence-corrected chi connectivity index (χ0v) is 16.5. The van der Waals surface area contributed by atoms with E-state index in [9.17, 15) is 19.2 Å². The number of benzene rings is 2. The van der Waals surface area contributed by atoms with Crippen LogP contribution in [0.3, 0.4) is 0 Å². The Morgan fingerprint density at radius 3 is 2.47 bits per heavy atom. The molecule has 1 aliphatic heterocycles. The fourth-order valence-corrected chi connectivity index (χ4v) is 3.23. The Morgan fingerprint density at radius 2 is 1.77 bits per heavy atom. The number of esters is 1. The van der Waals surface area contributed by atoms with Crippen LogP contribution in [0, 0.1) is 0 Å². The fraction of sp³-hybridized carbons (Fsp3) is 0.273. The van der Waals surface area contributed by atoms with Crippen LogP contribution in [0.1, 0.15) is 34.3 Å². The first-order valence-corrected chi connectivity index (χ1v) is 9.47. The van der Waals surface area contributed by atoms with Gasteiger partial charge in [-0.3, -0.25) is 19.8 Å². The highest BCUT2D eigenvalue weighted by molar-refractivity contribution is 6.01. The van der Waals surface area contributed by atoms with Crippen molar-refractivity contribution >= 4 is 23.9 Å². The molecule has 156 valence electrons. The van der Waals surface area contributed by atoms with Crippen molar-refractivity contribution in [2.75, 3.05) is 7.11 Å². The number of carbonyl (C=O) groups excluding carboxylic acids is 4. The van der Waals surface area contributed by atoms with Crippen LogP contribution >= 0.6 is 0 Å². The molecule has 0 radical (unpaired) electrons. The van der Waals surface area contributed by atoms with Crippen molar-refractivity contribution in [1.29, 1.82) is 0 Å². The molecule has 30 heavy (non-hydrogen) atoms. The first kappa shape index (κ1) is 21.0. The quantitative estimate of drug-likeness (QED) is 0.580. The summed E-state index contributed by atoms with van der Waals surface area (Å²) in [5.74, 6) is -1.51. The molecule has 1 fully saturated rings. The van der Waals surface area contributed by atoms with Crippen molar-refractivity contribution in [3.05, 3.63) is 71.3 Å². The number of piperidine rings is 1. The van der Waals surface area contributed by atoms with Crippen LogP contribution in [0.2, 0.25) is 0 Å². The predicted molar refractivity (Wildman–Crippen MR) is 106 cm³/mol. The van der Waals surface area contributed by atoms with Gasteiger partial charge in [-0.2, -0.15) is 0 Å². The molecule has 0 aliphatic carbocycles. The maximum Gasteiger partial charge on any atom is 0.411 e. The van der Waals surface area contributed by atoms with Gasteiger partial charge in [-0.15, -0.1) is 0 Å². The lowest BCUT2D eigenvalue weighted by atomic mass is 10.0. The van der Waals surface area contributed by atoms with Gasteiger partial charge in [-0.25, -0.2) is 9.59 Å². The van der Waals surface area contributed by atoms with Crippen LogP contribution in [0.5, 0.6) is 0 Å². The molecule has 8 heteroatoms. The van der Waals surface area contributed by atoms with Crippen molar-refractivity contribution in [2.24, 2.45) is 0 Å². The van der Waals surface area contributed by atoms with Gasteiger partial charge in [0.25, 0.3) is 0 Å². The summed E-state index contributed by atoms with van der Waals surface area (Å²) in [6.45, 7) is -0.0206. The Kier molecular flexibility index (Phi) is 6.79. The van der Waals surface area contributed by atoms with Gasteiger partial charge >= 0.3 is 12.1 Å². The molecule has 3 rings (SSSR count). The molecule has 0 bridgehead atoms. The summed E-state index contributed by atoms with van der Waals surface area (Å²) in [5, 5.41) is 2.25. The SMILES string of the molecule is COC(=O)c1ccccc1CN(C(=O)OCc1ccccc1)[C@H]1CCC(=O)NC1=O. The van der Waals surface area contributed by atoms with Crippen LogP contribution in [-0.2, 0) is 32.2 Å². The summed E-state index contributed by atoms with van der Waals surface area (Å²) in [7, 11) is 1.27.